The molecule has 1 amide bonds. The number of aromatic amines is 1. The first-order valence-corrected chi connectivity index (χ1v) is 7.73. The Hall–Kier alpha value is -2.25. The van der Waals surface area contributed by atoms with Crippen molar-refractivity contribution in [3.05, 3.63) is 47.3 Å². The third-order valence-electron chi connectivity index (χ3n) is 4.29. The van der Waals surface area contributed by atoms with Crippen molar-refractivity contribution in [2.75, 3.05) is 20.1 Å². The highest BCUT2D eigenvalue weighted by Crippen LogP contribution is 2.30. The number of nitrogens with zero attached hydrogens (tertiary/aromatic N) is 3. The number of hydrogen-bond donors (Lipinski definition) is 3. The Morgan fingerprint density at radius 3 is 2.87 bits per heavy atom. The molecule has 1 aromatic carbocycles. The number of aliphatic hydroxyl groups is 1. The summed E-state index contributed by atoms with van der Waals surface area (Å²) in [6, 6.07) is 7.55. The van der Waals surface area contributed by atoms with E-state index < -0.39 is 5.60 Å². The molecule has 0 spiro atoms. The Morgan fingerprint density at radius 2 is 2.22 bits per heavy atom. The van der Waals surface area contributed by atoms with E-state index in [-0.39, 0.29) is 5.91 Å². The number of benzene rings is 1. The number of β-amino-alcohol motifs (C(OH)–C–C–N with tert-alkyl or cyclic N) is 1. The molecule has 0 radical (unpaired) electrons. The van der Waals surface area contributed by atoms with E-state index in [0.29, 0.717) is 24.2 Å². The second-order valence-corrected chi connectivity index (χ2v) is 5.98. The van der Waals surface area contributed by atoms with Crippen molar-refractivity contribution in [3.8, 4) is 0 Å². The van der Waals surface area contributed by atoms with Gasteiger partial charge < -0.3 is 10.4 Å². The number of piperidine rings is 1. The van der Waals surface area contributed by atoms with Crippen molar-refractivity contribution < 1.29 is 9.90 Å². The second kappa shape index (κ2) is 6.47. The molecule has 7 nitrogen and oxygen atoms in total. The summed E-state index contributed by atoms with van der Waals surface area (Å²) < 4.78 is 0. The fourth-order valence-electron chi connectivity index (χ4n) is 3.06. The van der Waals surface area contributed by atoms with Crippen LogP contribution in [-0.4, -0.2) is 51.5 Å². The standard InChI is InChI=1S/C16H21N5O2/c1-17-15(22)13-5-3-12(4-6-13)10-21-8-2-7-16(23,11-21)14-9-18-20-19-14/h3-6,9,23H,2,7-8,10-11H2,1H3,(H,17,22)(H,18,19,20). The van der Waals surface area contributed by atoms with Gasteiger partial charge in [0.05, 0.1) is 6.20 Å². The van der Waals surface area contributed by atoms with Crippen molar-refractivity contribution in [1.82, 2.24) is 25.6 Å². The molecule has 23 heavy (non-hydrogen) atoms. The van der Waals surface area contributed by atoms with Gasteiger partial charge >= 0.3 is 0 Å². The molecule has 1 atom stereocenters. The Morgan fingerprint density at radius 1 is 1.43 bits per heavy atom. The van der Waals surface area contributed by atoms with Crippen molar-refractivity contribution in [3.63, 3.8) is 0 Å². The highest BCUT2D eigenvalue weighted by molar-refractivity contribution is 5.93. The van der Waals surface area contributed by atoms with Crippen LogP contribution in [0.4, 0.5) is 0 Å². The van der Waals surface area contributed by atoms with Crippen LogP contribution in [0.5, 0.6) is 0 Å². The third kappa shape index (κ3) is 3.40. The molecule has 1 aromatic heterocycles. The number of likely N-dealkylation sites (tertiary alicyclic amines) is 1. The van der Waals surface area contributed by atoms with Crippen LogP contribution >= 0.6 is 0 Å². The molecule has 1 unspecified atom stereocenters. The number of carbonyl (C=O) groups excluding carboxylic acids is 1. The zero-order chi connectivity index (χ0) is 16.3. The summed E-state index contributed by atoms with van der Waals surface area (Å²) in [5.74, 6) is -0.0880. The van der Waals surface area contributed by atoms with Gasteiger partial charge in [0, 0.05) is 25.7 Å². The number of amides is 1. The molecule has 1 saturated heterocycles. The van der Waals surface area contributed by atoms with Gasteiger partial charge in [0.2, 0.25) is 0 Å². The van der Waals surface area contributed by atoms with Crippen LogP contribution in [0.25, 0.3) is 0 Å². The van der Waals surface area contributed by atoms with Crippen molar-refractivity contribution in [2.24, 2.45) is 0 Å². The molecule has 2 aromatic rings. The normalized spacial score (nSPS) is 22.0. The van der Waals surface area contributed by atoms with Gasteiger partial charge in [-0.3, -0.25) is 9.69 Å². The van der Waals surface area contributed by atoms with E-state index in [1.54, 1.807) is 13.2 Å². The number of hydrogen-bond acceptors (Lipinski definition) is 5. The molecule has 1 aliphatic rings. The van der Waals surface area contributed by atoms with Gasteiger partial charge in [-0.1, -0.05) is 12.1 Å². The maximum Gasteiger partial charge on any atom is 0.251 e. The molecule has 1 fully saturated rings. The average molecular weight is 315 g/mol. The predicted octanol–water partition coefficient (Wildman–Crippen LogP) is 0.648. The predicted molar refractivity (Wildman–Crippen MR) is 84.6 cm³/mol. The van der Waals surface area contributed by atoms with Crippen LogP contribution < -0.4 is 5.32 Å². The summed E-state index contributed by atoms with van der Waals surface area (Å²) in [5, 5.41) is 23.8. The van der Waals surface area contributed by atoms with Crippen molar-refractivity contribution >= 4 is 5.91 Å². The fourth-order valence-corrected chi connectivity index (χ4v) is 3.06. The summed E-state index contributed by atoms with van der Waals surface area (Å²) in [6.45, 7) is 2.18. The van der Waals surface area contributed by atoms with E-state index in [4.69, 9.17) is 0 Å². The first-order chi connectivity index (χ1) is 11.1. The second-order valence-electron chi connectivity index (χ2n) is 5.98. The fraction of sp³-hybridized carbons (Fsp3) is 0.438. The molecule has 0 bridgehead atoms. The van der Waals surface area contributed by atoms with Crippen LogP contribution in [0.15, 0.2) is 30.5 Å². The Kier molecular flexibility index (Phi) is 4.40. The smallest absolute Gasteiger partial charge is 0.251 e. The van der Waals surface area contributed by atoms with Crippen LogP contribution in [0.2, 0.25) is 0 Å². The molecule has 3 N–H and O–H groups in total. The largest absolute Gasteiger partial charge is 0.382 e. The van der Waals surface area contributed by atoms with Gasteiger partial charge in [0.15, 0.2) is 0 Å². The minimum Gasteiger partial charge on any atom is -0.382 e. The molecular weight excluding hydrogens is 294 g/mol. The Bertz CT molecular complexity index is 656. The third-order valence-corrected chi connectivity index (χ3v) is 4.29. The minimum atomic E-state index is -0.951. The number of aromatic nitrogens is 3. The van der Waals surface area contributed by atoms with E-state index in [1.807, 2.05) is 24.3 Å². The number of rotatable bonds is 4. The first kappa shape index (κ1) is 15.6. The van der Waals surface area contributed by atoms with E-state index in [2.05, 4.69) is 25.6 Å². The zero-order valence-corrected chi connectivity index (χ0v) is 13.1. The lowest BCUT2D eigenvalue weighted by Gasteiger charge is -2.38. The van der Waals surface area contributed by atoms with Crippen LogP contribution in [0.1, 0.15) is 34.5 Å². The lowest BCUT2D eigenvalue weighted by Crippen LogP contribution is -2.45. The molecule has 1 aliphatic heterocycles. The highest BCUT2D eigenvalue weighted by Gasteiger charge is 2.37. The molecular formula is C16H21N5O2. The lowest BCUT2D eigenvalue weighted by atomic mass is 9.90. The Balaban J connectivity index is 1.67. The summed E-state index contributed by atoms with van der Waals surface area (Å²) in [4.78, 5) is 13.8. The van der Waals surface area contributed by atoms with Crippen LogP contribution in [-0.2, 0) is 12.1 Å². The van der Waals surface area contributed by atoms with Gasteiger partial charge in [-0.15, -0.1) is 0 Å². The quantitative estimate of drug-likeness (QED) is 0.770. The topological polar surface area (TPSA) is 94.1 Å². The van der Waals surface area contributed by atoms with E-state index in [0.717, 1.165) is 25.1 Å². The summed E-state index contributed by atoms with van der Waals surface area (Å²) in [6.07, 6.45) is 3.17. The van der Waals surface area contributed by atoms with Crippen molar-refractivity contribution in [1.29, 1.82) is 0 Å². The average Bonchev–Trinajstić information content (AvgIpc) is 3.10. The molecule has 7 heteroatoms. The van der Waals surface area contributed by atoms with E-state index in [9.17, 15) is 9.90 Å². The molecule has 2 heterocycles. The van der Waals surface area contributed by atoms with Gasteiger partial charge in [-0.2, -0.15) is 15.4 Å². The van der Waals surface area contributed by atoms with Gasteiger partial charge in [-0.05, 0) is 37.1 Å². The zero-order valence-electron chi connectivity index (χ0n) is 13.1. The van der Waals surface area contributed by atoms with Gasteiger partial charge in [0.25, 0.3) is 5.91 Å². The summed E-state index contributed by atoms with van der Waals surface area (Å²) in [7, 11) is 1.62. The number of carbonyl (C=O) groups is 1. The summed E-state index contributed by atoms with van der Waals surface area (Å²) in [5.41, 5.74) is 1.40. The van der Waals surface area contributed by atoms with Crippen molar-refractivity contribution in [2.45, 2.75) is 25.0 Å². The minimum absolute atomic E-state index is 0.0880. The first-order valence-electron chi connectivity index (χ1n) is 7.73. The lowest BCUT2D eigenvalue weighted by molar-refractivity contribution is -0.0414. The number of nitrogens with one attached hydrogen (secondary N) is 2. The number of H-pyrrole nitrogens is 1. The summed E-state index contributed by atoms with van der Waals surface area (Å²) >= 11 is 0. The molecule has 0 aliphatic carbocycles. The monoisotopic (exact) mass is 315 g/mol. The van der Waals surface area contributed by atoms with Gasteiger partial charge in [-0.25, -0.2) is 0 Å². The SMILES string of the molecule is CNC(=O)c1ccc(CN2CCCC(O)(c3cn[nH]n3)C2)cc1. The van der Waals surface area contributed by atoms with Gasteiger partial charge in [0.1, 0.15) is 11.3 Å². The molecule has 0 saturated carbocycles. The molecule has 3 rings (SSSR count). The maximum atomic E-state index is 11.6. The Labute approximate surface area is 134 Å². The maximum absolute atomic E-state index is 11.6. The van der Waals surface area contributed by atoms with E-state index in [1.165, 1.54) is 0 Å². The molecule has 122 valence electrons. The van der Waals surface area contributed by atoms with Crippen LogP contribution in [0, 0.1) is 0 Å². The highest BCUT2D eigenvalue weighted by atomic mass is 16.3. The van der Waals surface area contributed by atoms with E-state index >= 15 is 0 Å². The van der Waals surface area contributed by atoms with Crippen LogP contribution in [0.3, 0.4) is 0 Å².